The van der Waals surface area contributed by atoms with Crippen LogP contribution in [0.15, 0.2) is 56.7 Å². The van der Waals surface area contributed by atoms with E-state index >= 15 is 0 Å². The molecule has 0 fully saturated rings. The van der Waals surface area contributed by atoms with Gasteiger partial charge in [0.15, 0.2) is 0 Å². The van der Waals surface area contributed by atoms with Crippen LogP contribution in [0.2, 0.25) is 5.02 Å². The van der Waals surface area contributed by atoms with Crippen molar-refractivity contribution in [3.05, 3.63) is 84.1 Å². The third-order valence-electron chi connectivity index (χ3n) is 4.35. The second kappa shape index (κ2) is 8.07. The summed E-state index contributed by atoms with van der Waals surface area (Å²) in [7, 11) is 2.74. The standard InChI is InChI=1S/C20H14BrClN4O3/c1-25-10-14(19(28)26(2)20(25)29)18(27)24-16-8-4-6-12(17(16)22)11-5-3-7-15(21)13(11)9-23/h3-8,10H,1-2H3,(H,24,27). The van der Waals surface area contributed by atoms with Crippen LogP contribution in [0, 0.1) is 11.3 Å². The summed E-state index contributed by atoms with van der Waals surface area (Å²) in [6.07, 6.45) is 1.18. The highest BCUT2D eigenvalue weighted by Crippen LogP contribution is 2.37. The summed E-state index contributed by atoms with van der Waals surface area (Å²) in [5, 5.41) is 12.3. The van der Waals surface area contributed by atoms with E-state index in [1.807, 2.05) is 0 Å². The van der Waals surface area contributed by atoms with Crippen LogP contribution in [0.5, 0.6) is 0 Å². The summed E-state index contributed by atoms with van der Waals surface area (Å²) in [6.45, 7) is 0. The molecule has 0 aliphatic carbocycles. The third-order valence-corrected chi connectivity index (χ3v) is 5.42. The van der Waals surface area contributed by atoms with Crippen molar-refractivity contribution >= 4 is 39.1 Å². The van der Waals surface area contributed by atoms with E-state index in [0.29, 0.717) is 21.2 Å². The van der Waals surface area contributed by atoms with Gasteiger partial charge in [0.1, 0.15) is 11.6 Å². The van der Waals surface area contributed by atoms with Crippen LogP contribution in [0.1, 0.15) is 15.9 Å². The molecule has 29 heavy (non-hydrogen) atoms. The summed E-state index contributed by atoms with van der Waals surface area (Å²) in [5.41, 5.74) is 0.383. The van der Waals surface area contributed by atoms with E-state index in [9.17, 15) is 19.6 Å². The normalized spacial score (nSPS) is 10.4. The predicted molar refractivity (Wildman–Crippen MR) is 114 cm³/mol. The lowest BCUT2D eigenvalue weighted by Gasteiger charge is -2.13. The Hall–Kier alpha value is -3.15. The van der Waals surface area contributed by atoms with Gasteiger partial charge < -0.3 is 9.88 Å². The molecule has 0 spiro atoms. The lowest BCUT2D eigenvalue weighted by Crippen LogP contribution is -2.40. The Bertz CT molecular complexity index is 1300. The molecule has 3 rings (SSSR count). The molecule has 0 unspecified atom stereocenters. The molecule has 0 saturated heterocycles. The maximum Gasteiger partial charge on any atom is 0.330 e. The van der Waals surface area contributed by atoms with Crippen molar-refractivity contribution in [2.45, 2.75) is 0 Å². The van der Waals surface area contributed by atoms with Gasteiger partial charge in [-0.2, -0.15) is 5.26 Å². The first-order valence-corrected chi connectivity index (χ1v) is 9.49. The van der Waals surface area contributed by atoms with Crippen LogP contribution in [-0.2, 0) is 14.1 Å². The van der Waals surface area contributed by atoms with E-state index in [2.05, 4.69) is 27.3 Å². The van der Waals surface area contributed by atoms with Crippen LogP contribution in [-0.4, -0.2) is 15.0 Å². The number of anilines is 1. The molecule has 3 aromatic rings. The molecule has 0 saturated carbocycles. The Morgan fingerprint density at radius 1 is 1.14 bits per heavy atom. The van der Waals surface area contributed by atoms with Crippen LogP contribution in [0.4, 0.5) is 5.69 Å². The highest BCUT2D eigenvalue weighted by molar-refractivity contribution is 9.10. The molecule has 1 amide bonds. The van der Waals surface area contributed by atoms with Crippen molar-refractivity contribution in [1.82, 2.24) is 9.13 Å². The van der Waals surface area contributed by atoms with Gasteiger partial charge in [0.2, 0.25) is 0 Å². The fourth-order valence-electron chi connectivity index (χ4n) is 2.85. The average Bonchev–Trinajstić information content (AvgIpc) is 2.70. The SMILES string of the molecule is Cn1cc(C(=O)Nc2cccc(-c3cccc(Br)c3C#N)c2Cl)c(=O)n(C)c1=O. The Balaban J connectivity index is 2.06. The van der Waals surface area contributed by atoms with Gasteiger partial charge in [0.05, 0.1) is 16.3 Å². The number of benzene rings is 2. The average molecular weight is 474 g/mol. The minimum atomic E-state index is -0.711. The zero-order valence-corrected chi connectivity index (χ0v) is 17.7. The number of hydrogen-bond donors (Lipinski definition) is 1. The van der Waals surface area contributed by atoms with Gasteiger partial charge in [0.25, 0.3) is 11.5 Å². The number of carbonyl (C=O) groups excluding carboxylic acids is 1. The molecule has 2 aromatic carbocycles. The van der Waals surface area contributed by atoms with Crippen LogP contribution in [0.3, 0.4) is 0 Å². The number of nitrogens with zero attached hydrogens (tertiary/aromatic N) is 3. The highest BCUT2D eigenvalue weighted by Gasteiger charge is 2.18. The Morgan fingerprint density at radius 2 is 1.79 bits per heavy atom. The molecule has 0 aliphatic heterocycles. The number of nitrogens with one attached hydrogen (secondary N) is 1. The molecular weight excluding hydrogens is 460 g/mol. The van der Waals surface area contributed by atoms with Crippen molar-refractivity contribution in [2.75, 3.05) is 5.32 Å². The number of aromatic nitrogens is 2. The van der Waals surface area contributed by atoms with Gasteiger partial charge >= 0.3 is 5.69 Å². The minimum Gasteiger partial charge on any atom is -0.320 e. The summed E-state index contributed by atoms with van der Waals surface area (Å²) in [4.78, 5) is 36.8. The number of rotatable bonds is 3. The van der Waals surface area contributed by atoms with E-state index in [0.717, 1.165) is 9.13 Å². The first kappa shape index (κ1) is 20.6. The smallest absolute Gasteiger partial charge is 0.320 e. The van der Waals surface area contributed by atoms with Crippen LogP contribution >= 0.6 is 27.5 Å². The summed E-state index contributed by atoms with van der Waals surface area (Å²) in [6, 6.07) is 12.4. The second-order valence-corrected chi connectivity index (χ2v) is 7.43. The Labute approximate surface area is 178 Å². The van der Waals surface area contributed by atoms with Crippen LogP contribution < -0.4 is 16.6 Å². The fourth-order valence-corrected chi connectivity index (χ4v) is 3.58. The quantitative estimate of drug-likeness (QED) is 0.631. The van der Waals surface area contributed by atoms with E-state index in [-0.39, 0.29) is 16.3 Å². The predicted octanol–water partition coefficient (Wildman–Crippen LogP) is 3.29. The van der Waals surface area contributed by atoms with Crippen LogP contribution in [0.25, 0.3) is 11.1 Å². The van der Waals surface area contributed by atoms with Gasteiger partial charge in [-0.15, -0.1) is 0 Å². The molecule has 0 aliphatic rings. The van der Waals surface area contributed by atoms with Crippen molar-refractivity contribution in [3.8, 4) is 17.2 Å². The molecule has 0 bridgehead atoms. The monoisotopic (exact) mass is 472 g/mol. The number of hydrogen-bond acceptors (Lipinski definition) is 4. The largest absolute Gasteiger partial charge is 0.330 e. The highest BCUT2D eigenvalue weighted by atomic mass is 79.9. The molecule has 1 heterocycles. The van der Waals surface area contributed by atoms with E-state index in [4.69, 9.17) is 11.6 Å². The molecular formula is C20H14BrClN4O3. The first-order chi connectivity index (χ1) is 13.8. The fraction of sp³-hybridized carbons (Fsp3) is 0.100. The summed E-state index contributed by atoms with van der Waals surface area (Å²) >= 11 is 9.85. The topological polar surface area (TPSA) is 96.9 Å². The Morgan fingerprint density at radius 3 is 2.48 bits per heavy atom. The van der Waals surface area contributed by atoms with Crippen molar-refractivity contribution < 1.29 is 4.79 Å². The second-order valence-electron chi connectivity index (χ2n) is 6.20. The van der Waals surface area contributed by atoms with Crippen molar-refractivity contribution in [2.24, 2.45) is 14.1 Å². The third kappa shape index (κ3) is 3.75. The van der Waals surface area contributed by atoms with Gasteiger partial charge in [0, 0.05) is 35.9 Å². The van der Waals surface area contributed by atoms with E-state index in [1.54, 1.807) is 36.4 Å². The maximum atomic E-state index is 12.7. The molecule has 1 N–H and O–H groups in total. The number of carbonyl (C=O) groups is 1. The number of nitriles is 1. The number of aryl methyl sites for hydroxylation is 1. The van der Waals surface area contributed by atoms with Gasteiger partial charge in [-0.1, -0.05) is 35.9 Å². The lowest BCUT2D eigenvalue weighted by atomic mass is 10.00. The van der Waals surface area contributed by atoms with Gasteiger partial charge in [-0.25, -0.2) is 4.79 Å². The molecule has 1 aromatic heterocycles. The van der Waals surface area contributed by atoms with Gasteiger partial charge in [-0.05, 0) is 28.1 Å². The maximum absolute atomic E-state index is 12.7. The minimum absolute atomic E-state index is 0.198. The lowest BCUT2D eigenvalue weighted by molar-refractivity contribution is 0.102. The molecule has 146 valence electrons. The summed E-state index contributed by atoms with van der Waals surface area (Å²) in [5.74, 6) is -0.699. The van der Waals surface area contributed by atoms with Crippen molar-refractivity contribution in [3.63, 3.8) is 0 Å². The van der Waals surface area contributed by atoms with E-state index < -0.39 is 17.2 Å². The van der Waals surface area contributed by atoms with E-state index in [1.165, 1.54) is 20.3 Å². The van der Waals surface area contributed by atoms with Crippen molar-refractivity contribution in [1.29, 1.82) is 5.26 Å². The number of amides is 1. The Kier molecular flexibility index (Phi) is 5.73. The zero-order valence-electron chi connectivity index (χ0n) is 15.4. The molecule has 0 radical (unpaired) electrons. The molecule has 7 nitrogen and oxygen atoms in total. The molecule has 0 atom stereocenters. The zero-order chi connectivity index (χ0) is 21.3. The van der Waals surface area contributed by atoms with Gasteiger partial charge in [-0.3, -0.25) is 14.2 Å². The summed E-state index contributed by atoms with van der Waals surface area (Å²) < 4.78 is 2.62. The first-order valence-electron chi connectivity index (χ1n) is 8.31. The number of halogens is 2. The molecule has 9 heteroatoms.